The Morgan fingerprint density at radius 2 is 2.11 bits per heavy atom. The number of aromatic nitrogens is 2. The molecule has 5 heteroatoms. The monoisotopic (exact) mass is 261 g/mol. The summed E-state index contributed by atoms with van der Waals surface area (Å²) in [6, 6.07) is 2.53. The Balaban J connectivity index is 1.74. The summed E-state index contributed by atoms with van der Waals surface area (Å²) < 4.78 is 0. The van der Waals surface area contributed by atoms with Gasteiger partial charge in [0.2, 0.25) is 0 Å². The molecule has 104 valence electrons. The smallest absolute Gasteiger partial charge is 0.134 e. The van der Waals surface area contributed by atoms with Crippen molar-refractivity contribution in [3.05, 3.63) is 11.9 Å². The summed E-state index contributed by atoms with van der Waals surface area (Å²) in [5.41, 5.74) is 5.93. The molecule has 2 fully saturated rings. The first-order valence-electron chi connectivity index (χ1n) is 7.16. The van der Waals surface area contributed by atoms with Crippen molar-refractivity contribution in [1.82, 2.24) is 14.9 Å². The summed E-state index contributed by atoms with van der Waals surface area (Å²) in [6.45, 7) is 2.09. The van der Waals surface area contributed by atoms with Crippen LogP contribution in [-0.4, -0.2) is 48.1 Å². The van der Waals surface area contributed by atoms with Crippen LogP contribution in [0.2, 0.25) is 0 Å². The zero-order valence-corrected chi connectivity index (χ0v) is 11.8. The van der Waals surface area contributed by atoms with Gasteiger partial charge in [0, 0.05) is 31.6 Å². The lowest BCUT2D eigenvalue weighted by molar-refractivity contribution is 0.315. The maximum Gasteiger partial charge on any atom is 0.134 e. The second-order valence-corrected chi connectivity index (χ2v) is 6.07. The summed E-state index contributed by atoms with van der Waals surface area (Å²) in [5.74, 6) is 3.33. The highest BCUT2D eigenvalue weighted by Gasteiger charge is 2.27. The summed E-state index contributed by atoms with van der Waals surface area (Å²) in [4.78, 5) is 13.7. The van der Waals surface area contributed by atoms with Crippen molar-refractivity contribution in [3.8, 4) is 0 Å². The Bertz CT molecular complexity index is 455. The van der Waals surface area contributed by atoms with E-state index < -0.39 is 0 Å². The van der Waals surface area contributed by atoms with Crippen LogP contribution in [0.1, 0.15) is 25.1 Å². The molecule has 3 rings (SSSR count). The lowest BCUT2D eigenvalue weighted by Crippen LogP contribution is -2.31. The third-order valence-electron chi connectivity index (χ3n) is 4.16. The van der Waals surface area contributed by atoms with Crippen molar-refractivity contribution in [3.63, 3.8) is 0 Å². The van der Waals surface area contributed by atoms with Crippen LogP contribution in [0.4, 0.5) is 11.6 Å². The van der Waals surface area contributed by atoms with Crippen molar-refractivity contribution in [2.45, 2.75) is 31.7 Å². The number of nitrogens with zero attached hydrogens (tertiary/aromatic N) is 4. The Morgan fingerprint density at radius 1 is 1.32 bits per heavy atom. The van der Waals surface area contributed by atoms with Gasteiger partial charge in [-0.2, -0.15) is 0 Å². The Kier molecular flexibility index (Phi) is 3.31. The summed E-state index contributed by atoms with van der Waals surface area (Å²) in [6.07, 6.45) is 4.82. The lowest BCUT2D eigenvalue weighted by atomic mass is 10.2. The zero-order valence-electron chi connectivity index (χ0n) is 11.8. The van der Waals surface area contributed by atoms with Gasteiger partial charge in [-0.1, -0.05) is 0 Å². The number of nitrogen functional groups attached to an aromatic ring is 1. The molecule has 0 aromatic carbocycles. The summed E-state index contributed by atoms with van der Waals surface area (Å²) in [7, 11) is 4.28. The summed E-state index contributed by atoms with van der Waals surface area (Å²) >= 11 is 0. The number of rotatable bonds is 4. The number of likely N-dealkylation sites (N-methyl/N-ethyl adjacent to an activating group) is 1. The maximum atomic E-state index is 5.93. The molecule has 1 aliphatic heterocycles. The highest BCUT2D eigenvalue weighted by molar-refractivity contribution is 5.48. The molecule has 0 amide bonds. The second kappa shape index (κ2) is 4.96. The van der Waals surface area contributed by atoms with Crippen LogP contribution in [0.3, 0.4) is 0 Å². The minimum atomic E-state index is 0.606. The number of hydrogen-bond donors (Lipinski definition) is 1. The number of anilines is 2. The van der Waals surface area contributed by atoms with Crippen LogP contribution in [0.15, 0.2) is 6.07 Å². The first-order valence-corrected chi connectivity index (χ1v) is 7.16. The predicted molar refractivity (Wildman–Crippen MR) is 77.2 cm³/mol. The molecule has 2 heterocycles. The molecule has 19 heavy (non-hydrogen) atoms. The van der Waals surface area contributed by atoms with Crippen molar-refractivity contribution in [2.75, 3.05) is 37.8 Å². The van der Waals surface area contributed by atoms with Gasteiger partial charge in [-0.25, -0.2) is 9.97 Å². The number of hydrogen-bond acceptors (Lipinski definition) is 5. The molecule has 1 aliphatic carbocycles. The average Bonchev–Trinajstić information content (AvgIpc) is 3.02. The standard InChI is InChI=1S/C14H23N5/c1-18(2)11-5-6-19(9-11)14-8-12(15)16-13(17-14)7-10-3-4-10/h8,10-11H,3-7,9H2,1-2H3,(H2,15,16,17). The fourth-order valence-electron chi connectivity index (χ4n) is 2.71. The van der Waals surface area contributed by atoms with Gasteiger partial charge in [0.1, 0.15) is 17.5 Å². The third-order valence-corrected chi connectivity index (χ3v) is 4.16. The Labute approximate surface area is 114 Å². The van der Waals surface area contributed by atoms with E-state index in [-0.39, 0.29) is 0 Å². The molecule has 1 atom stereocenters. The van der Waals surface area contributed by atoms with Crippen LogP contribution < -0.4 is 10.6 Å². The van der Waals surface area contributed by atoms with E-state index in [0.29, 0.717) is 11.9 Å². The molecule has 1 saturated heterocycles. The fourth-order valence-corrected chi connectivity index (χ4v) is 2.71. The van der Waals surface area contributed by atoms with Crippen molar-refractivity contribution in [2.24, 2.45) is 5.92 Å². The van der Waals surface area contributed by atoms with Gasteiger partial charge < -0.3 is 15.5 Å². The van der Waals surface area contributed by atoms with Gasteiger partial charge in [-0.15, -0.1) is 0 Å². The van der Waals surface area contributed by atoms with E-state index in [1.54, 1.807) is 0 Å². The highest BCUT2D eigenvalue weighted by atomic mass is 15.3. The quantitative estimate of drug-likeness (QED) is 0.881. The molecule has 0 spiro atoms. The van der Waals surface area contributed by atoms with Gasteiger partial charge in [-0.05, 0) is 39.3 Å². The van der Waals surface area contributed by atoms with E-state index in [2.05, 4.69) is 28.9 Å². The molecular weight excluding hydrogens is 238 g/mol. The van der Waals surface area contributed by atoms with E-state index >= 15 is 0 Å². The van der Waals surface area contributed by atoms with E-state index in [9.17, 15) is 0 Å². The van der Waals surface area contributed by atoms with E-state index in [0.717, 1.165) is 37.1 Å². The molecular formula is C14H23N5. The molecule has 2 aliphatic rings. The van der Waals surface area contributed by atoms with Crippen LogP contribution in [0, 0.1) is 5.92 Å². The molecule has 1 aromatic rings. The molecule has 1 unspecified atom stereocenters. The van der Waals surface area contributed by atoms with Gasteiger partial charge in [0.25, 0.3) is 0 Å². The SMILES string of the molecule is CN(C)C1CCN(c2cc(N)nc(CC3CC3)n2)C1. The molecule has 1 saturated carbocycles. The first kappa shape index (κ1) is 12.7. The van der Waals surface area contributed by atoms with Crippen LogP contribution in [0.25, 0.3) is 0 Å². The minimum absolute atomic E-state index is 0.606. The normalized spacial score (nSPS) is 23.3. The van der Waals surface area contributed by atoms with Crippen LogP contribution in [0.5, 0.6) is 0 Å². The molecule has 5 nitrogen and oxygen atoms in total. The number of nitrogens with two attached hydrogens (primary N) is 1. The van der Waals surface area contributed by atoms with Gasteiger partial charge in [0.15, 0.2) is 0 Å². The second-order valence-electron chi connectivity index (χ2n) is 6.07. The van der Waals surface area contributed by atoms with Crippen LogP contribution in [-0.2, 0) is 6.42 Å². The minimum Gasteiger partial charge on any atom is -0.384 e. The molecule has 2 N–H and O–H groups in total. The molecule has 1 aromatic heterocycles. The Morgan fingerprint density at radius 3 is 2.74 bits per heavy atom. The maximum absolute atomic E-state index is 5.93. The van der Waals surface area contributed by atoms with Gasteiger partial charge in [0.05, 0.1) is 0 Å². The van der Waals surface area contributed by atoms with E-state index in [4.69, 9.17) is 10.7 Å². The summed E-state index contributed by atoms with van der Waals surface area (Å²) in [5, 5.41) is 0. The molecule has 0 bridgehead atoms. The zero-order chi connectivity index (χ0) is 13.4. The largest absolute Gasteiger partial charge is 0.384 e. The fraction of sp³-hybridized carbons (Fsp3) is 0.714. The third kappa shape index (κ3) is 2.97. The van der Waals surface area contributed by atoms with Crippen molar-refractivity contribution in [1.29, 1.82) is 0 Å². The first-order chi connectivity index (χ1) is 9.11. The lowest BCUT2D eigenvalue weighted by Gasteiger charge is -2.21. The highest BCUT2D eigenvalue weighted by Crippen LogP contribution is 2.32. The Hall–Kier alpha value is -1.36. The van der Waals surface area contributed by atoms with Gasteiger partial charge >= 0.3 is 0 Å². The van der Waals surface area contributed by atoms with Crippen molar-refractivity contribution < 1.29 is 0 Å². The van der Waals surface area contributed by atoms with Gasteiger partial charge in [-0.3, -0.25) is 0 Å². The van der Waals surface area contributed by atoms with Crippen LogP contribution >= 0.6 is 0 Å². The topological polar surface area (TPSA) is 58.3 Å². The van der Waals surface area contributed by atoms with E-state index in [1.165, 1.54) is 19.3 Å². The van der Waals surface area contributed by atoms with E-state index in [1.807, 2.05) is 6.07 Å². The predicted octanol–water partition coefficient (Wildman–Crippen LogP) is 1.15. The molecule has 0 radical (unpaired) electrons. The average molecular weight is 261 g/mol. The van der Waals surface area contributed by atoms with Crippen molar-refractivity contribution >= 4 is 11.6 Å².